The van der Waals surface area contributed by atoms with Gasteiger partial charge in [0, 0.05) is 17.5 Å². The van der Waals surface area contributed by atoms with Gasteiger partial charge in [-0.05, 0) is 74.6 Å². The van der Waals surface area contributed by atoms with E-state index in [4.69, 9.17) is 21.1 Å². The Morgan fingerprint density at radius 2 is 1.78 bits per heavy atom. The van der Waals surface area contributed by atoms with Crippen LogP contribution < -0.4 is 10.1 Å². The largest absolute Gasteiger partial charge is 0.490 e. The molecule has 6 heteroatoms. The number of benzene rings is 1. The van der Waals surface area contributed by atoms with Crippen molar-refractivity contribution in [2.24, 2.45) is 17.3 Å². The fourth-order valence-electron chi connectivity index (χ4n) is 6.00. The maximum Gasteiger partial charge on any atom is 0.312 e. The van der Waals surface area contributed by atoms with Gasteiger partial charge in [-0.25, -0.2) is 0 Å². The quantitative estimate of drug-likeness (QED) is 0.592. The number of carbonyl (C=O) groups is 2. The minimum absolute atomic E-state index is 0.00293. The lowest BCUT2D eigenvalue weighted by Crippen LogP contribution is -2.64. The standard InChI is InChI=1S/C21H26ClNO4/c1-14(24)23-21-11-15-8-16(12-21)10-20(9-15,13-21)19(25)27-7-6-26-18-4-2-17(22)3-5-18/h2-5,15-16H,6-13H2,1H3,(H,23,24)/t15-,16+,20?,21?. The highest BCUT2D eigenvalue weighted by molar-refractivity contribution is 6.30. The van der Waals surface area contributed by atoms with Gasteiger partial charge in [0.15, 0.2) is 0 Å². The van der Waals surface area contributed by atoms with Crippen molar-refractivity contribution >= 4 is 23.5 Å². The lowest BCUT2D eigenvalue weighted by atomic mass is 9.47. The Balaban J connectivity index is 1.35. The number of hydrogen-bond acceptors (Lipinski definition) is 4. The number of nitrogens with one attached hydrogen (secondary N) is 1. The molecule has 146 valence electrons. The molecule has 5 nitrogen and oxygen atoms in total. The van der Waals surface area contributed by atoms with Gasteiger partial charge in [-0.2, -0.15) is 0 Å². The molecule has 4 atom stereocenters. The lowest BCUT2D eigenvalue weighted by Gasteiger charge is -2.60. The van der Waals surface area contributed by atoms with E-state index in [1.165, 1.54) is 6.42 Å². The predicted molar refractivity (Wildman–Crippen MR) is 102 cm³/mol. The van der Waals surface area contributed by atoms with Crippen LogP contribution in [0.4, 0.5) is 0 Å². The van der Waals surface area contributed by atoms with Crippen molar-refractivity contribution < 1.29 is 19.1 Å². The molecule has 0 aliphatic heterocycles. The number of ether oxygens (including phenoxy) is 2. The zero-order chi connectivity index (χ0) is 19.1. The first-order valence-corrected chi connectivity index (χ1v) is 10.1. The van der Waals surface area contributed by atoms with E-state index in [1.54, 1.807) is 31.2 Å². The molecule has 0 heterocycles. The van der Waals surface area contributed by atoms with Crippen molar-refractivity contribution in [3.63, 3.8) is 0 Å². The van der Waals surface area contributed by atoms with Crippen LogP contribution in [0.2, 0.25) is 5.02 Å². The average molecular weight is 392 g/mol. The molecule has 1 aromatic carbocycles. The number of halogens is 1. The van der Waals surface area contributed by atoms with E-state index in [2.05, 4.69) is 5.32 Å². The first-order valence-electron chi connectivity index (χ1n) is 9.73. The summed E-state index contributed by atoms with van der Waals surface area (Å²) < 4.78 is 11.2. The molecule has 4 fully saturated rings. The van der Waals surface area contributed by atoms with Gasteiger partial charge in [0.2, 0.25) is 5.91 Å². The first kappa shape index (κ1) is 18.6. The summed E-state index contributed by atoms with van der Waals surface area (Å²) in [5, 5.41) is 3.83. The SMILES string of the molecule is CC(=O)NC12C[C@H]3C[C@@H](C1)CC(C(=O)OCCOc1ccc(Cl)cc1)(C3)C2. The highest BCUT2D eigenvalue weighted by Crippen LogP contribution is 2.62. The van der Waals surface area contributed by atoms with E-state index < -0.39 is 5.41 Å². The van der Waals surface area contributed by atoms with Crippen LogP contribution in [-0.2, 0) is 14.3 Å². The molecule has 4 bridgehead atoms. The van der Waals surface area contributed by atoms with Gasteiger partial charge in [-0.1, -0.05) is 11.6 Å². The minimum atomic E-state index is -0.438. The predicted octanol–water partition coefficient (Wildman–Crippen LogP) is 3.74. The van der Waals surface area contributed by atoms with Crippen molar-refractivity contribution in [1.29, 1.82) is 0 Å². The van der Waals surface area contributed by atoms with Crippen molar-refractivity contribution in [3.8, 4) is 5.75 Å². The molecule has 27 heavy (non-hydrogen) atoms. The molecule has 4 saturated carbocycles. The second kappa shape index (κ2) is 7.01. The highest BCUT2D eigenvalue weighted by atomic mass is 35.5. The zero-order valence-corrected chi connectivity index (χ0v) is 16.4. The summed E-state index contributed by atoms with van der Waals surface area (Å²) in [6.07, 6.45) is 5.67. The molecule has 4 aliphatic rings. The summed E-state index contributed by atoms with van der Waals surface area (Å²) in [6, 6.07) is 7.11. The van der Waals surface area contributed by atoms with Gasteiger partial charge in [0.1, 0.15) is 19.0 Å². The third kappa shape index (κ3) is 3.79. The summed E-state index contributed by atoms with van der Waals surface area (Å²) in [4.78, 5) is 24.7. The van der Waals surface area contributed by atoms with E-state index in [0.717, 1.165) is 25.7 Å². The maximum atomic E-state index is 13.0. The Bertz CT molecular complexity index is 718. The number of amides is 1. The van der Waals surface area contributed by atoms with E-state index >= 15 is 0 Å². The molecular weight excluding hydrogens is 366 g/mol. The van der Waals surface area contributed by atoms with Crippen LogP contribution in [0.5, 0.6) is 5.75 Å². The third-order valence-corrected chi connectivity index (χ3v) is 6.59. The summed E-state index contributed by atoms with van der Waals surface area (Å²) in [7, 11) is 0. The Hall–Kier alpha value is -1.75. The fraction of sp³-hybridized carbons (Fsp3) is 0.619. The Morgan fingerprint density at radius 3 is 2.41 bits per heavy atom. The Labute approximate surface area is 164 Å². The second-order valence-electron chi connectivity index (χ2n) is 8.64. The number of rotatable bonds is 6. The van der Waals surface area contributed by atoms with E-state index in [9.17, 15) is 9.59 Å². The number of esters is 1. The van der Waals surface area contributed by atoms with Crippen molar-refractivity contribution in [3.05, 3.63) is 29.3 Å². The van der Waals surface area contributed by atoms with E-state index in [0.29, 0.717) is 35.6 Å². The first-order chi connectivity index (χ1) is 12.9. The van der Waals surface area contributed by atoms with Gasteiger partial charge < -0.3 is 14.8 Å². The van der Waals surface area contributed by atoms with Gasteiger partial charge in [-0.15, -0.1) is 0 Å². The average Bonchev–Trinajstić information content (AvgIpc) is 2.57. The molecule has 0 aromatic heterocycles. The summed E-state index contributed by atoms with van der Waals surface area (Å²) in [5.74, 6) is 1.60. The summed E-state index contributed by atoms with van der Waals surface area (Å²) >= 11 is 5.86. The minimum Gasteiger partial charge on any atom is -0.490 e. The molecule has 0 radical (unpaired) electrons. The van der Waals surface area contributed by atoms with Crippen molar-refractivity contribution in [2.75, 3.05) is 13.2 Å². The zero-order valence-electron chi connectivity index (χ0n) is 15.6. The topological polar surface area (TPSA) is 64.6 Å². The maximum absolute atomic E-state index is 13.0. The van der Waals surface area contributed by atoms with Crippen LogP contribution in [0.1, 0.15) is 45.4 Å². The van der Waals surface area contributed by atoms with Crippen LogP contribution in [0.3, 0.4) is 0 Å². The molecule has 2 unspecified atom stereocenters. The Morgan fingerprint density at radius 1 is 1.11 bits per heavy atom. The molecule has 5 rings (SSSR count). The van der Waals surface area contributed by atoms with Crippen LogP contribution in [0.25, 0.3) is 0 Å². The molecule has 1 amide bonds. The lowest BCUT2D eigenvalue weighted by molar-refractivity contribution is -0.176. The van der Waals surface area contributed by atoms with Crippen LogP contribution in [0, 0.1) is 17.3 Å². The molecule has 0 saturated heterocycles. The second-order valence-corrected chi connectivity index (χ2v) is 9.08. The normalized spacial score (nSPS) is 33.6. The Kier molecular flexibility index (Phi) is 4.83. The number of carbonyl (C=O) groups excluding carboxylic acids is 2. The monoisotopic (exact) mass is 391 g/mol. The third-order valence-electron chi connectivity index (χ3n) is 6.33. The van der Waals surface area contributed by atoms with Gasteiger partial charge >= 0.3 is 5.97 Å². The van der Waals surface area contributed by atoms with Crippen molar-refractivity contribution in [2.45, 2.75) is 51.0 Å². The van der Waals surface area contributed by atoms with Crippen LogP contribution in [-0.4, -0.2) is 30.6 Å². The smallest absolute Gasteiger partial charge is 0.312 e. The fourth-order valence-corrected chi connectivity index (χ4v) is 6.12. The molecule has 1 N–H and O–H groups in total. The number of hydrogen-bond donors (Lipinski definition) is 1. The molecule has 0 spiro atoms. The molecule has 1 aromatic rings. The van der Waals surface area contributed by atoms with Crippen LogP contribution >= 0.6 is 11.6 Å². The highest BCUT2D eigenvalue weighted by Gasteiger charge is 2.61. The van der Waals surface area contributed by atoms with E-state index in [-0.39, 0.29) is 24.0 Å². The summed E-state index contributed by atoms with van der Waals surface area (Å²) in [5.41, 5.74) is -0.651. The van der Waals surface area contributed by atoms with Crippen molar-refractivity contribution in [1.82, 2.24) is 5.32 Å². The van der Waals surface area contributed by atoms with Gasteiger partial charge in [0.25, 0.3) is 0 Å². The van der Waals surface area contributed by atoms with Gasteiger partial charge in [0.05, 0.1) is 5.41 Å². The summed E-state index contributed by atoms with van der Waals surface area (Å²) in [6.45, 7) is 2.11. The van der Waals surface area contributed by atoms with Gasteiger partial charge in [-0.3, -0.25) is 9.59 Å². The van der Waals surface area contributed by atoms with Crippen LogP contribution in [0.15, 0.2) is 24.3 Å². The van der Waals surface area contributed by atoms with E-state index in [1.807, 2.05) is 0 Å². The molecule has 4 aliphatic carbocycles. The molecular formula is C21H26ClNO4.